The second-order valence-corrected chi connectivity index (χ2v) is 3.57. The lowest BCUT2D eigenvalue weighted by Gasteiger charge is -2.26. The van der Waals surface area contributed by atoms with Crippen molar-refractivity contribution in [1.82, 2.24) is 0 Å². The molecule has 0 radical (unpaired) electrons. The maximum absolute atomic E-state index is 5.73. The molecule has 2 atom stereocenters. The maximum Gasteiger partial charge on any atom is 0.104 e. The number of allylic oxidation sites excluding steroid dienone is 2. The zero-order valence-electron chi connectivity index (χ0n) is 7.32. The fourth-order valence-corrected chi connectivity index (χ4v) is 1.26. The molecule has 66 valence electrons. The number of ether oxygens (including phenoxy) is 2. The summed E-state index contributed by atoms with van der Waals surface area (Å²) in [6, 6.07) is 0. The second kappa shape index (κ2) is 3.04. The van der Waals surface area contributed by atoms with E-state index >= 15 is 0 Å². The summed E-state index contributed by atoms with van der Waals surface area (Å²) < 4.78 is 10.8. The van der Waals surface area contributed by atoms with Crippen LogP contribution in [0.2, 0.25) is 0 Å². The van der Waals surface area contributed by atoms with Crippen LogP contribution >= 0.6 is 0 Å². The van der Waals surface area contributed by atoms with Crippen LogP contribution in [0.3, 0.4) is 0 Å². The van der Waals surface area contributed by atoms with Crippen molar-refractivity contribution < 1.29 is 9.47 Å². The molecule has 2 heteroatoms. The van der Waals surface area contributed by atoms with Gasteiger partial charge in [0, 0.05) is 0 Å². The molecule has 0 aromatic heterocycles. The van der Waals surface area contributed by atoms with Crippen LogP contribution in [0.25, 0.3) is 0 Å². The Kier molecular flexibility index (Phi) is 2.03. The number of epoxide rings is 1. The van der Waals surface area contributed by atoms with Crippen LogP contribution in [0.5, 0.6) is 0 Å². The van der Waals surface area contributed by atoms with Crippen molar-refractivity contribution in [2.75, 3.05) is 13.2 Å². The molecular weight excluding hydrogens is 152 g/mol. The van der Waals surface area contributed by atoms with Crippen LogP contribution in [0, 0.1) is 0 Å². The highest BCUT2D eigenvalue weighted by molar-refractivity contribution is 5.17. The Morgan fingerprint density at radius 2 is 2.42 bits per heavy atom. The summed E-state index contributed by atoms with van der Waals surface area (Å²) in [4.78, 5) is 0. The Bertz CT molecular complexity index is 216. The van der Waals surface area contributed by atoms with Gasteiger partial charge in [-0.2, -0.15) is 0 Å². The monoisotopic (exact) mass is 166 g/mol. The minimum absolute atomic E-state index is 0.0965. The smallest absolute Gasteiger partial charge is 0.104 e. The van der Waals surface area contributed by atoms with Gasteiger partial charge in [-0.15, -0.1) is 0 Å². The van der Waals surface area contributed by atoms with Gasteiger partial charge in [-0.25, -0.2) is 0 Å². The lowest BCUT2D eigenvalue weighted by molar-refractivity contribution is -0.00107. The Labute approximate surface area is 72.9 Å². The van der Waals surface area contributed by atoms with E-state index < -0.39 is 0 Å². The third-order valence-corrected chi connectivity index (χ3v) is 2.22. The van der Waals surface area contributed by atoms with Gasteiger partial charge < -0.3 is 9.47 Å². The summed E-state index contributed by atoms with van der Waals surface area (Å²) >= 11 is 0. The van der Waals surface area contributed by atoms with E-state index in [2.05, 4.69) is 25.2 Å². The molecule has 2 aliphatic rings. The second-order valence-electron chi connectivity index (χ2n) is 3.57. The highest BCUT2D eigenvalue weighted by atomic mass is 16.6. The van der Waals surface area contributed by atoms with Gasteiger partial charge in [0.05, 0.1) is 18.8 Å². The van der Waals surface area contributed by atoms with Crippen LogP contribution < -0.4 is 0 Å². The van der Waals surface area contributed by atoms with E-state index in [0.717, 1.165) is 19.6 Å². The first-order chi connectivity index (χ1) is 5.79. The van der Waals surface area contributed by atoms with Crippen molar-refractivity contribution in [1.29, 1.82) is 0 Å². The van der Waals surface area contributed by atoms with Gasteiger partial charge in [-0.05, 0) is 13.3 Å². The zero-order valence-corrected chi connectivity index (χ0v) is 7.32. The Hall–Kier alpha value is -0.600. The van der Waals surface area contributed by atoms with Gasteiger partial charge in [0.15, 0.2) is 0 Å². The Balaban J connectivity index is 1.83. The normalized spacial score (nSPS) is 38.6. The molecular formula is C10H14O2. The molecule has 1 aliphatic carbocycles. The maximum atomic E-state index is 5.73. The summed E-state index contributed by atoms with van der Waals surface area (Å²) in [6.07, 6.45) is 9.66. The van der Waals surface area contributed by atoms with Crippen molar-refractivity contribution in [3.63, 3.8) is 0 Å². The van der Waals surface area contributed by atoms with Gasteiger partial charge in [-0.3, -0.25) is 0 Å². The summed E-state index contributed by atoms with van der Waals surface area (Å²) in [5, 5.41) is 0. The highest BCUT2D eigenvalue weighted by Gasteiger charge is 2.28. The zero-order chi connectivity index (χ0) is 8.44. The third-order valence-electron chi connectivity index (χ3n) is 2.22. The molecule has 0 N–H and O–H groups in total. The fourth-order valence-electron chi connectivity index (χ4n) is 1.26. The van der Waals surface area contributed by atoms with E-state index in [1.807, 2.05) is 6.08 Å². The largest absolute Gasteiger partial charge is 0.371 e. The third kappa shape index (κ3) is 1.96. The van der Waals surface area contributed by atoms with E-state index in [0.29, 0.717) is 6.10 Å². The van der Waals surface area contributed by atoms with Gasteiger partial charge in [0.25, 0.3) is 0 Å². The molecule has 1 fully saturated rings. The van der Waals surface area contributed by atoms with E-state index in [4.69, 9.17) is 9.47 Å². The molecule has 12 heavy (non-hydrogen) atoms. The topological polar surface area (TPSA) is 21.8 Å². The van der Waals surface area contributed by atoms with Crippen molar-refractivity contribution in [2.45, 2.75) is 25.0 Å². The van der Waals surface area contributed by atoms with Gasteiger partial charge in [0.2, 0.25) is 0 Å². The average Bonchev–Trinajstić information content (AvgIpc) is 2.85. The first kappa shape index (κ1) is 8.02. The lowest BCUT2D eigenvalue weighted by Crippen LogP contribution is -2.28. The minimum atomic E-state index is -0.0965. The summed E-state index contributed by atoms with van der Waals surface area (Å²) in [5.41, 5.74) is -0.0965. The molecule has 1 aliphatic heterocycles. The standard InChI is InChI=1S/C10H14O2/c1-10(5-3-2-4-6-10)12-8-9-7-11-9/h2-5,9H,6-8H2,1H3. The van der Waals surface area contributed by atoms with Crippen molar-refractivity contribution in [3.05, 3.63) is 24.3 Å². The summed E-state index contributed by atoms with van der Waals surface area (Å²) in [5.74, 6) is 0. The van der Waals surface area contributed by atoms with E-state index in [-0.39, 0.29) is 5.60 Å². The van der Waals surface area contributed by atoms with Crippen molar-refractivity contribution in [3.8, 4) is 0 Å². The van der Waals surface area contributed by atoms with Crippen molar-refractivity contribution >= 4 is 0 Å². The quantitative estimate of drug-likeness (QED) is 0.595. The van der Waals surface area contributed by atoms with Crippen LogP contribution in [-0.2, 0) is 9.47 Å². The van der Waals surface area contributed by atoms with E-state index in [1.54, 1.807) is 0 Å². The van der Waals surface area contributed by atoms with Crippen LogP contribution in [-0.4, -0.2) is 24.9 Å². The molecule has 0 aromatic carbocycles. The molecule has 0 spiro atoms. The summed E-state index contributed by atoms with van der Waals surface area (Å²) in [6.45, 7) is 3.71. The highest BCUT2D eigenvalue weighted by Crippen LogP contribution is 2.23. The van der Waals surface area contributed by atoms with Crippen molar-refractivity contribution in [2.24, 2.45) is 0 Å². The molecule has 2 unspecified atom stereocenters. The van der Waals surface area contributed by atoms with Gasteiger partial charge in [-0.1, -0.05) is 24.3 Å². The lowest BCUT2D eigenvalue weighted by atomic mass is 9.98. The minimum Gasteiger partial charge on any atom is -0.371 e. The summed E-state index contributed by atoms with van der Waals surface area (Å²) in [7, 11) is 0. The number of rotatable bonds is 3. The van der Waals surface area contributed by atoms with E-state index in [9.17, 15) is 0 Å². The predicted octanol–water partition coefficient (Wildman–Crippen LogP) is 1.68. The average molecular weight is 166 g/mol. The molecule has 0 aromatic rings. The molecule has 2 rings (SSSR count). The molecule has 0 amide bonds. The molecule has 1 heterocycles. The van der Waals surface area contributed by atoms with E-state index in [1.165, 1.54) is 0 Å². The molecule has 0 bridgehead atoms. The predicted molar refractivity (Wildman–Crippen MR) is 47.0 cm³/mol. The first-order valence-electron chi connectivity index (χ1n) is 4.38. The number of hydrogen-bond acceptors (Lipinski definition) is 2. The molecule has 1 saturated heterocycles. The fraction of sp³-hybridized carbons (Fsp3) is 0.600. The van der Waals surface area contributed by atoms with Crippen LogP contribution in [0.15, 0.2) is 24.3 Å². The molecule has 0 saturated carbocycles. The van der Waals surface area contributed by atoms with Crippen LogP contribution in [0.1, 0.15) is 13.3 Å². The number of hydrogen-bond donors (Lipinski definition) is 0. The Morgan fingerprint density at radius 1 is 1.58 bits per heavy atom. The van der Waals surface area contributed by atoms with Gasteiger partial charge in [0.1, 0.15) is 6.10 Å². The first-order valence-corrected chi connectivity index (χ1v) is 4.38. The van der Waals surface area contributed by atoms with Gasteiger partial charge >= 0.3 is 0 Å². The SMILES string of the molecule is CC1(OCC2CO2)C=CC=CC1. The molecule has 2 nitrogen and oxygen atoms in total. The van der Waals surface area contributed by atoms with Crippen LogP contribution in [0.4, 0.5) is 0 Å². The Morgan fingerprint density at radius 3 is 3.00 bits per heavy atom.